The first-order valence-corrected chi connectivity index (χ1v) is 5.91. The lowest BCUT2D eigenvalue weighted by atomic mass is 9.87. The summed E-state index contributed by atoms with van der Waals surface area (Å²) in [5.41, 5.74) is 6.27. The Labute approximate surface area is 108 Å². The van der Waals surface area contributed by atoms with Crippen molar-refractivity contribution >= 4 is 17.4 Å². The van der Waals surface area contributed by atoms with Gasteiger partial charge in [0.15, 0.2) is 0 Å². The molecule has 0 aliphatic rings. The molecular weight excluding hydrogens is 228 g/mol. The Kier molecular flexibility index (Phi) is 4.29. The van der Waals surface area contributed by atoms with Gasteiger partial charge in [-0.15, -0.1) is 0 Å². The number of hydrogen-bond donors (Lipinski definition) is 2. The molecule has 0 aromatic carbocycles. The van der Waals surface area contributed by atoms with Gasteiger partial charge in [0.1, 0.15) is 5.82 Å². The van der Waals surface area contributed by atoms with Crippen molar-refractivity contribution in [3.05, 3.63) is 18.3 Å². The van der Waals surface area contributed by atoms with E-state index < -0.39 is 6.04 Å². The molecule has 100 valence electrons. The molecule has 1 amide bonds. The number of carbonyl (C=O) groups excluding carboxylic acids is 1. The molecular formula is C13H22N4O. The molecule has 5 heteroatoms. The van der Waals surface area contributed by atoms with Gasteiger partial charge in [-0.25, -0.2) is 4.98 Å². The van der Waals surface area contributed by atoms with Crippen LogP contribution in [0.5, 0.6) is 0 Å². The van der Waals surface area contributed by atoms with Gasteiger partial charge in [-0.05, 0) is 17.5 Å². The van der Waals surface area contributed by atoms with Gasteiger partial charge in [0, 0.05) is 14.1 Å². The second kappa shape index (κ2) is 5.35. The number of anilines is 2. The summed E-state index contributed by atoms with van der Waals surface area (Å²) in [5, 5.41) is 2.77. The molecule has 0 aliphatic heterocycles. The van der Waals surface area contributed by atoms with Crippen molar-refractivity contribution in [3.63, 3.8) is 0 Å². The number of pyridine rings is 1. The number of nitrogens with two attached hydrogens (primary N) is 1. The lowest BCUT2D eigenvalue weighted by molar-refractivity contribution is -0.119. The van der Waals surface area contributed by atoms with Gasteiger partial charge >= 0.3 is 0 Å². The van der Waals surface area contributed by atoms with Crippen LogP contribution in [-0.4, -0.2) is 31.0 Å². The topological polar surface area (TPSA) is 71.2 Å². The molecule has 0 aliphatic carbocycles. The highest BCUT2D eigenvalue weighted by Gasteiger charge is 2.27. The van der Waals surface area contributed by atoms with Crippen molar-refractivity contribution in [1.82, 2.24) is 4.98 Å². The van der Waals surface area contributed by atoms with Crippen LogP contribution in [0.15, 0.2) is 18.3 Å². The molecule has 1 rings (SSSR count). The first kappa shape index (κ1) is 14.4. The van der Waals surface area contributed by atoms with Crippen molar-refractivity contribution in [2.75, 3.05) is 24.3 Å². The summed E-state index contributed by atoms with van der Waals surface area (Å²) in [5.74, 6) is 0.648. The van der Waals surface area contributed by atoms with E-state index >= 15 is 0 Å². The zero-order valence-electron chi connectivity index (χ0n) is 11.7. The van der Waals surface area contributed by atoms with Crippen molar-refractivity contribution in [3.8, 4) is 0 Å². The van der Waals surface area contributed by atoms with Crippen molar-refractivity contribution in [2.45, 2.75) is 26.8 Å². The van der Waals surface area contributed by atoms with E-state index in [2.05, 4.69) is 10.3 Å². The minimum atomic E-state index is -0.550. The zero-order valence-corrected chi connectivity index (χ0v) is 11.7. The van der Waals surface area contributed by atoms with Gasteiger partial charge < -0.3 is 16.0 Å². The number of hydrogen-bond acceptors (Lipinski definition) is 4. The summed E-state index contributed by atoms with van der Waals surface area (Å²) in [6.07, 6.45) is 1.63. The van der Waals surface area contributed by atoms with Gasteiger partial charge in [-0.1, -0.05) is 20.8 Å². The summed E-state index contributed by atoms with van der Waals surface area (Å²) < 4.78 is 0. The Morgan fingerprint density at radius 3 is 2.39 bits per heavy atom. The molecule has 1 heterocycles. The highest BCUT2D eigenvalue weighted by molar-refractivity contribution is 5.95. The van der Waals surface area contributed by atoms with Crippen LogP contribution in [0.4, 0.5) is 11.5 Å². The van der Waals surface area contributed by atoms with E-state index in [0.29, 0.717) is 5.69 Å². The number of carbonyl (C=O) groups is 1. The van der Waals surface area contributed by atoms with Crippen molar-refractivity contribution in [2.24, 2.45) is 11.1 Å². The van der Waals surface area contributed by atoms with E-state index in [1.165, 1.54) is 0 Å². The maximum atomic E-state index is 11.9. The molecule has 1 atom stereocenters. The normalized spacial score (nSPS) is 13.0. The van der Waals surface area contributed by atoms with E-state index in [0.717, 1.165) is 5.82 Å². The predicted molar refractivity (Wildman–Crippen MR) is 74.6 cm³/mol. The van der Waals surface area contributed by atoms with Crippen LogP contribution in [0.2, 0.25) is 0 Å². The Balaban J connectivity index is 2.71. The second-order valence-corrected chi connectivity index (χ2v) is 5.63. The second-order valence-electron chi connectivity index (χ2n) is 5.63. The van der Waals surface area contributed by atoms with E-state index in [1.807, 2.05) is 51.9 Å². The third kappa shape index (κ3) is 3.70. The highest BCUT2D eigenvalue weighted by Crippen LogP contribution is 2.19. The predicted octanol–water partition coefficient (Wildman–Crippen LogP) is 1.46. The summed E-state index contributed by atoms with van der Waals surface area (Å²) in [7, 11) is 3.83. The Bertz CT molecular complexity index is 406. The Morgan fingerprint density at radius 2 is 2.00 bits per heavy atom. The van der Waals surface area contributed by atoms with E-state index in [4.69, 9.17) is 5.73 Å². The van der Waals surface area contributed by atoms with E-state index in [1.54, 1.807) is 6.20 Å². The Hall–Kier alpha value is -1.62. The number of nitrogens with one attached hydrogen (secondary N) is 1. The lowest BCUT2D eigenvalue weighted by Gasteiger charge is -2.25. The first-order chi connectivity index (χ1) is 8.21. The van der Waals surface area contributed by atoms with E-state index in [-0.39, 0.29) is 11.3 Å². The maximum absolute atomic E-state index is 11.9. The third-order valence-electron chi connectivity index (χ3n) is 2.69. The minimum Gasteiger partial charge on any atom is -0.363 e. The smallest absolute Gasteiger partial charge is 0.241 e. The third-order valence-corrected chi connectivity index (χ3v) is 2.69. The molecule has 0 saturated carbocycles. The number of aromatic nitrogens is 1. The molecule has 1 aromatic rings. The SMILES string of the molecule is CN(C)c1ccc(NC(=O)[C@H](N)C(C)(C)C)cn1. The van der Waals surface area contributed by atoms with Crippen LogP contribution in [-0.2, 0) is 4.79 Å². The molecule has 0 unspecified atom stereocenters. The maximum Gasteiger partial charge on any atom is 0.241 e. The fourth-order valence-corrected chi connectivity index (χ4v) is 1.34. The lowest BCUT2D eigenvalue weighted by Crippen LogP contribution is -2.45. The zero-order chi connectivity index (χ0) is 13.9. The van der Waals surface area contributed by atoms with Crippen LogP contribution in [0.25, 0.3) is 0 Å². The van der Waals surface area contributed by atoms with Crippen LogP contribution in [0.3, 0.4) is 0 Å². The van der Waals surface area contributed by atoms with Gasteiger partial charge in [0.2, 0.25) is 5.91 Å². The average Bonchev–Trinajstić information content (AvgIpc) is 2.27. The number of nitrogens with zero attached hydrogens (tertiary/aromatic N) is 2. The van der Waals surface area contributed by atoms with Gasteiger partial charge in [-0.2, -0.15) is 0 Å². The standard InChI is InChI=1S/C13H22N4O/c1-13(2,3)11(14)12(18)16-9-6-7-10(15-8-9)17(4)5/h6-8,11H,14H2,1-5H3,(H,16,18)/t11-/m0/s1. The first-order valence-electron chi connectivity index (χ1n) is 5.91. The fraction of sp³-hybridized carbons (Fsp3) is 0.538. The van der Waals surface area contributed by atoms with Crippen LogP contribution >= 0.6 is 0 Å². The molecule has 0 radical (unpaired) electrons. The van der Waals surface area contributed by atoms with Crippen molar-refractivity contribution in [1.29, 1.82) is 0 Å². The summed E-state index contributed by atoms with van der Waals surface area (Å²) in [4.78, 5) is 18.0. The largest absolute Gasteiger partial charge is 0.363 e. The van der Waals surface area contributed by atoms with E-state index in [9.17, 15) is 4.79 Å². The van der Waals surface area contributed by atoms with Crippen molar-refractivity contribution < 1.29 is 4.79 Å². The van der Waals surface area contributed by atoms with Crippen LogP contribution < -0.4 is 16.0 Å². The van der Waals surface area contributed by atoms with Gasteiger partial charge in [-0.3, -0.25) is 4.79 Å². The average molecular weight is 250 g/mol. The summed E-state index contributed by atoms with van der Waals surface area (Å²) in [6, 6.07) is 3.11. The fourth-order valence-electron chi connectivity index (χ4n) is 1.34. The molecule has 5 nitrogen and oxygen atoms in total. The summed E-state index contributed by atoms with van der Waals surface area (Å²) >= 11 is 0. The summed E-state index contributed by atoms with van der Waals surface area (Å²) in [6.45, 7) is 5.81. The number of amides is 1. The molecule has 3 N–H and O–H groups in total. The molecule has 0 bridgehead atoms. The quantitative estimate of drug-likeness (QED) is 0.852. The molecule has 0 spiro atoms. The molecule has 0 saturated heterocycles. The molecule has 1 aromatic heterocycles. The van der Waals surface area contributed by atoms with Gasteiger partial charge in [0.05, 0.1) is 17.9 Å². The van der Waals surface area contributed by atoms with Crippen LogP contribution in [0.1, 0.15) is 20.8 Å². The van der Waals surface area contributed by atoms with Gasteiger partial charge in [0.25, 0.3) is 0 Å². The molecule has 18 heavy (non-hydrogen) atoms. The number of rotatable bonds is 3. The Morgan fingerprint density at radius 1 is 1.39 bits per heavy atom. The highest BCUT2D eigenvalue weighted by atomic mass is 16.2. The monoisotopic (exact) mass is 250 g/mol. The van der Waals surface area contributed by atoms with Crippen LogP contribution in [0, 0.1) is 5.41 Å². The molecule has 0 fully saturated rings. The minimum absolute atomic E-state index is 0.193.